The van der Waals surface area contributed by atoms with Gasteiger partial charge in [0, 0.05) is 23.9 Å². The Kier molecular flexibility index (Phi) is 4.56. The number of carbonyl (C=O) groups excluding carboxylic acids is 1. The van der Waals surface area contributed by atoms with Crippen molar-refractivity contribution in [2.24, 2.45) is 0 Å². The van der Waals surface area contributed by atoms with Gasteiger partial charge >= 0.3 is 0 Å². The molecule has 0 spiro atoms. The fourth-order valence-electron chi connectivity index (χ4n) is 3.19. The number of pyridine rings is 1. The van der Waals surface area contributed by atoms with Crippen LogP contribution in [0.15, 0.2) is 37.1 Å². The molecule has 1 amide bonds. The van der Waals surface area contributed by atoms with Crippen LogP contribution in [0, 0.1) is 20.8 Å². The quantitative estimate of drug-likeness (QED) is 0.573. The average molecular weight is 376 g/mol. The summed E-state index contributed by atoms with van der Waals surface area (Å²) in [6.45, 7) is 5.92. The molecule has 4 aromatic heterocycles. The number of fused-ring (bicyclic) bond motifs is 1. The van der Waals surface area contributed by atoms with E-state index in [9.17, 15) is 4.79 Å². The third kappa shape index (κ3) is 3.46. The standard InChI is InChI=1S/C19H20N8O/c1-12-8-18-23-13(2)16(14(3)27(18)25-12)5-7-19(28)24-15-4-6-17(21-9-15)26-11-20-10-22-26/h4,6,8-11H,5,7H2,1-3H3,(H,24,28). The van der Waals surface area contributed by atoms with Crippen molar-refractivity contribution in [2.75, 3.05) is 5.32 Å². The van der Waals surface area contributed by atoms with E-state index >= 15 is 0 Å². The molecule has 0 aromatic carbocycles. The van der Waals surface area contributed by atoms with Crippen molar-refractivity contribution in [1.82, 2.24) is 34.3 Å². The van der Waals surface area contributed by atoms with E-state index in [1.165, 1.54) is 6.33 Å². The Bertz CT molecular complexity index is 1130. The summed E-state index contributed by atoms with van der Waals surface area (Å²) in [5.74, 6) is 0.557. The van der Waals surface area contributed by atoms with Crippen molar-refractivity contribution in [3.63, 3.8) is 0 Å². The second kappa shape index (κ2) is 7.18. The van der Waals surface area contributed by atoms with Crippen LogP contribution in [-0.2, 0) is 11.2 Å². The molecule has 0 saturated heterocycles. The van der Waals surface area contributed by atoms with Crippen molar-refractivity contribution >= 4 is 17.2 Å². The smallest absolute Gasteiger partial charge is 0.224 e. The normalized spacial score (nSPS) is 11.1. The van der Waals surface area contributed by atoms with E-state index in [1.807, 2.05) is 31.4 Å². The van der Waals surface area contributed by atoms with E-state index in [-0.39, 0.29) is 5.91 Å². The van der Waals surface area contributed by atoms with E-state index in [0.29, 0.717) is 24.3 Å². The summed E-state index contributed by atoms with van der Waals surface area (Å²) in [6.07, 6.45) is 5.55. The first-order valence-electron chi connectivity index (χ1n) is 8.94. The minimum Gasteiger partial charge on any atom is -0.325 e. The first-order valence-corrected chi connectivity index (χ1v) is 8.94. The average Bonchev–Trinajstić information content (AvgIpc) is 3.32. The lowest BCUT2D eigenvalue weighted by molar-refractivity contribution is -0.116. The van der Waals surface area contributed by atoms with Gasteiger partial charge in [0.2, 0.25) is 5.91 Å². The molecule has 0 aliphatic rings. The Morgan fingerprint density at radius 1 is 1.21 bits per heavy atom. The lowest BCUT2D eigenvalue weighted by Gasteiger charge is -2.11. The van der Waals surface area contributed by atoms with Gasteiger partial charge in [-0.25, -0.2) is 24.1 Å². The Labute approximate surface area is 161 Å². The summed E-state index contributed by atoms with van der Waals surface area (Å²) in [5, 5.41) is 11.4. The fraction of sp³-hybridized carbons (Fsp3) is 0.263. The van der Waals surface area contributed by atoms with Gasteiger partial charge in [-0.3, -0.25) is 4.79 Å². The van der Waals surface area contributed by atoms with E-state index in [4.69, 9.17) is 0 Å². The molecule has 0 atom stereocenters. The molecule has 0 unspecified atom stereocenters. The van der Waals surface area contributed by atoms with Crippen LogP contribution in [0.4, 0.5) is 5.69 Å². The van der Waals surface area contributed by atoms with Crippen molar-refractivity contribution in [3.8, 4) is 5.82 Å². The monoisotopic (exact) mass is 376 g/mol. The van der Waals surface area contributed by atoms with Gasteiger partial charge in [0.05, 0.1) is 17.6 Å². The zero-order chi connectivity index (χ0) is 19.7. The highest BCUT2D eigenvalue weighted by Crippen LogP contribution is 2.17. The van der Waals surface area contributed by atoms with Gasteiger partial charge in [0.25, 0.3) is 0 Å². The molecule has 0 bridgehead atoms. The Morgan fingerprint density at radius 2 is 2.07 bits per heavy atom. The number of amides is 1. The number of nitrogens with one attached hydrogen (secondary N) is 1. The van der Waals surface area contributed by atoms with Crippen molar-refractivity contribution in [1.29, 1.82) is 0 Å². The van der Waals surface area contributed by atoms with Gasteiger partial charge in [-0.05, 0) is 44.9 Å². The fourth-order valence-corrected chi connectivity index (χ4v) is 3.19. The maximum atomic E-state index is 12.4. The molecule has 0 radical (unpaired) electrons. The Morgan fingerprint density at radius 3 is 2.79 bits per heavy atom. The van der Waals surface area contributed by atoms with E-state index < -0.39 is 0 Å². The highest BCUT2D eigenvalue weighted by atomic mass is 16.1. The van der Waals surface area contributed by atoms with Crippen LogP contribution in [0.3, 0.4) is 0 Å². The number of rotatable bonds is 5. The van der Waals surface area contributed by atoms with Gasteiger partial charge in [0.1, 0.15) is 12.7 Å². The number of hydrogen-bond donors (Lipinski definition) is 1. The maximum absolute atomic E-state index is 12.4. The largest absolute Gasteiger partial charge is 0.325 e. The first kappa shape index (κ1) is 17.8. The van der Waals surface area contributed by atoms with Crippen LogP contribution in [0.2, 0.25) is 0 Å². The van der Waals surface area contributed by atoms with Crippen molar-refractivity contribution < 1.29 is 4.79 Å². The molecular formula is C19H20N8O. The molecule has 0 aliphatic carbocycles. The van der Waals surface area contributed by atoms with Crippen LogP contribution >= 0.6 is 0 Å². The lowest BCUT2D eigenvalue weighted by Crippen LogP contribution is -2.14. The van der Waals surface area contributed by atoms with Gasteiger partial charge < -0.3 is 5.32 Å². The molecule has 0 aliphatic heterocycles. The van der Waals surface area contributed by atoms with E-state index in [2.05, 4.69) is 30.5 Å². The number of aromatic nitrogens is 7. The van der Waals surface area contributed by atoms with Crippen LogP contribution in [0.1, 0.15) is 29.1 Å². The minimum absolute atomic E-state index is 0.0779. The predicted molar refractivity (Wildman–Crippen MR) is 103 cm³/mol. The molecule has 9 heteroatoms. The second-order valence-corrected chi connectivity index (χ2v) is 6.61. The van der Waals surface area contributed by atoms with Gasteiger partial charge in [0.15, 0.2) is 11.5 Å². The van der Waals surface area contributed by atoms with Crippen molar-refractivity contribution in [3.05, 3.63) is 59.7 Å². The van der Waals surface area contributed by atoms with Crippen LogP contribution in [-0.4, -0.2) is 40.3 Å². The molecule has 1 N–H and O–H groups in total. The molecule has 0 saturated carbocycles. The summed E-state index contributed by atoms with van der Waals surface area (Å²) < 4.78 is 3.39. The third-order valence-corrected chi connectivity index (χ3v) is 4.57. The topological polar surface area (TPSA) is 103 Å². The summed E-state index contributed by atoms with van der Waals surface area (Å²) in [7, 11) is 0. The number of nitrogens with zero attached hydrogens (tertiary/aromatic N) is 7. The van der Waals surface area contributed by atoms with Crippen LogP contribution in [0.25, 0.3) is 11.5 Å². The third-order valence-electron chi connectivity index (χ3n) is 4.57. The van der Waals surface area contributed by atoms with E-state index in [1.54, 1.807) is 29.3 Å². The molecule has 4 heterocycles. The first-order chi connectivity index (χ1) is 13.5. The summed E-state index contributed by atoms with van der Waals surface area (Å²) >= 11 is 0. The van der Waals surface area contributed by atoms with Crippen LogP contribution < -0.4 is 5.32 Å². The van der Waals surface area contributed by atoms with Gasteiger partial charge in [-0.1, -0.05) is 0 Å². The van der Waals surface area contributed by atoms with Crippen molar-refractivity contribution in [2.45, 2.75) is 33.6 Å². The molecule has 4 aromatic rings. The Hall–Kier alpha value is -3.62. The SMILES string of the molecule is Cc1cc2nc(C)c(CCC(=O)Nc3ccc(-n4cncn4)nc3)c(C)n2n1. The maximum Gasteiger partial charge on any atom is 0.224 e. The molecule has 28 heavy (non-hydrogen) atoms. The number of anilines is 1. The summed E-state index contributed by atoms with van der Waals surface area (Å²) in [6, 6.07) is 5.52. The highest BCUT2D eigenvalue weighted by Gasteiger charge is 2.13. The lowest BCUT2D eigenvalue weighted by atomic mass is 10.1. The van der Waals surface area contributed by atoms with E-state index in [0.717, 1.165) is 28.3 Å². The number of aryl methyl sites for hydroxylation is 3. The molecule has 142 valence electrons. The zero-order valence-corrected chi connectivity index (χ0v) is 15.9. The summed E-state index contributed by atoms with van der Waals surface area (Å²) in [5.41, 5.74) is 5.38. The molecule has 9 nitrogen and oxygen atoms in total. The number of carbonyl (C=O) groups is 1. The minimum atomic E-state index is -0.0779. The second-order valence-electron chi connectivity index (χ2n) is 6.61. The molecule has 4 rings (SSSR count). The zero-order valence-electron chi connectivity index (χ0n) is 15.9. The van der Waals surface area contributed by atoms with Gasteiger partial charge in [-0.15, -0.1) is 0 Å². The molecule has 0 fully saturated rings. The Balaban J connectivity index is 1.43. The molecular weight excluding hydrogens is 356 g/mol. The van der Waals surface area contributed by atoms with Gasteiger partial charge in [-0.2, -0.15) is 10.2 Å². The highest BCUT2D eigenvalue weighted by molar-refractivity contribution is 5.90. The number of hydrogen-bond acceptors (Lipinski definition) is 6. The predicted octanol–water partition coefficient (Wildman–Crippen LogP) is 2.20. The van der Waals surface area contributed by atoms with Crippen LogP contribution in [0.5, 0.6) is 0 Å². The summed E-state index contributed by atoms with van der Waals surface area (Å²) in [4.78, 5) is 25.1.